The predicted octanol–water partition coefficient (Wildman–Crippen LogP) is 3.96. The molecular weight excluding hydrogens is 347 g/mol. The van der Waals surface area contributed by atoms with Gasteiger partial charge in [0.15, 0.2) is 5.82 Å². The van der Waals surface area contributed by atoms with Gasteiger partial charge in [-0.15, -0.1) is 11.6 Å². The lowest BCUT2D eigenvalue weighted by atomic mass is 10.3. The van der Waals surface area contributed by atoms with Crippen LogP contribution in [0.2, 0.25) is 0 Å². The molecule has 0 bridgehead atoms. The second-order valence-corrected chi connectivity index (χ2v) is 6.03. The van der Waals surface area contributed by atoms with Gasteiger partial charge >= 0.3 is 0 Å². The van der Waals surface area contributed by atoms with Crippen LogP contribution in [0.25, 0.3) is 16.9 Å². The lowest BCUT2D eigenvalue weighted by Gasteiger charge is -2.07. The van der Waals surface area contributed by atoms with Crippen LogP contribution in [0.3, 0.4) is 0 Å². The Kier molecular flexibility index (Phi) is 3.30. The molecule has 0 saturated heterocycles. The molecule has 2 aromatic heterocycles. The molecule has 4 nitrogen and oxygen atoms in total. The van der Waals surface area contributed by atoms with Crippen molar-refractivity contribution in [2.45, 2.75) is 12.3 Å². The fraction of sp³-hybridized carbons (Fsp3) is 0.231. The zero-order valence-electron chi connectivity index (χ0n) is 10.8. The molecule has 1 atom stereocenters. The number of nitrogens with zero attached hydrogens (tertiary/aromatic N) is 4. The second kappa shape index (κ2) is 4.86. The van der Waals surface area contributed by atoms with E-state index in [9.17, 15) is 4.39 Å². The summed E-state index contributed by atoms with van der Waals surface area (Å²) in [5.74, 6) is 0.959. The highest BCUT2D eigenvalue weighted by Crippen LogP contribution is 2.30. The summed E-state index contributed by atoms with van der Waals surface area (Å²) in [4.78, 5) is 4.48. The first-order chi connectivity index (χ1) is 9.47. The topological polar surface area (TPSA) is 35.6 Å². The molecule has 1 aromatic carbocycles. The summed E-state index contributed by atoms with van der Waals surface area (Å²) in [6.07, 6.45) is 1.82. The van der Waals surface area contributed by atoms with Crippen molar-refractivity contribution >= 4 is 38.6 Å². The molecule has 104 valence electrons. The number of aryl methyl sites for hydroxylation is 1. The molecule has 7 heteroatoms. The molecular formula is C13H11BrClFN4. The molecule has 3 aromatic rings. The highest BCUT2D eigenvalue weighted by molar-refractivity contribution is 9.10. The van der Waals surface area contributed by atoms with Gasteiger partial charge in [-0.05, 0) is 28.9 Å². The first-order valence-corrected chi connectivity index (χ1v) is 7.22. The Labute approximate surface area is 128 Å². The van der Waals surface area contributed by atoms with Crippen molar-refractivity contribution < 1.29 is 4.39 Å². The summed E-state index contributed by atoms with van der Waals surface area (Å²) >= 11 is 9.36. The maximum Gasteiger partial charge on any atom is 0.160 e. The monoisotopic (exact) mass is 356 g/mol. The third-order valence-electron chi connectivity index (χ3n) is 3.01. The van der Waals surface area contributed by atoms with Crippen LogP contribution in [0.15, 0.2) is 28.9 Å². The standard InChI is InChI=1S/C13H11BrClFN4/c1-7(15)13-17-10-5-8(14)9(16)6-11(10)20(13)12-3-4-19(2)18-12/h3-7H,1-2H3. The summed E-state index contributed by atoms with van der Waals surface area (Å²) < 4.78 is 17.7. The quantitative estimate of drug-likeness (QED) is 0.651. The minimum absolute atomic E-state index is 0.314. The zero-order chi connectivity index (χ0) is 14.4. The minimum atomic E-state index is -0.344. The van der Waals surface area contributed by atoms with Gasteiger partial charge in [-0.25, -0.2) is 9.37 Å². The van der Waals surface area contributed by atoms with Gasteiger partial charge < -0.3 is 0 Å². The van der Waals surface area contributed by atoms with Gasteiger partial charge in [0.25, 0.3) is 0 Å². The maximum absolute atomic E-state index is 13.8. The Morgan fingerprint density at radius 3 is 2.75 bits per heavy atom. The molecule has 0 aliphatic heterocycles. The fourth-order valence-corrected chi connectivity index (χ4v) is 2.60. The van der Waals surface area contributed by atoms with E-state index in [4.69, 9.17) is 11.6 Å². The summed E-state index contributed by atoms with van der Waals surface area (Å²) in [5, 5.41) is 4.03. The van der Waals surface area contributed by atoms with Gasteiger partial charge in [0.2, 0.25) is 0 Å². The molecule has 0 aliphatic carbocycles. The van der Waals surface area contributed by atoms with E-state index >= 15 is 0 Å². The van der Waals surface area contributed by atoms with Crippen molar-refractivity contribution in [3.05, 3.63) is 40.5 Å². The van der Waals surface area contributed by atoms with Crippen LogP contribution in [0.1, 0.15) is 18.1 Å². The molecule has 0 N–H and O–H groups in total. The average Bonchev–Trinajstić information content (AvgIpc) is 2.94. The molecule has 20 heavy (non-hydrogen) atoms. The fourth-order valence-electron chi connectivity index (χ4n) is 2.12. The van der Waals surface area contributed by atoms with E-state index in [1.165, 1.54) is 6.07 Å². The van der Waals surface area contributed by atoms with E-state index in [-0.39, 0.29) is 11.2 Å². The SMILES string of the molecule is CC(Cl)c1nc2cc(Br)c(F)cc2n1-c1ccn(C)n1. The third kappa shape index (κ3) is 2.13. The minimum Gasteiger partial charge on any atom is -0.277 e. The predicted molar refractivity (Wildman–Crippen MR) is 79.8 cm³/mol. The first kappa shape index (κ1) is 13.6. The number of halogens is 3. The highest BCUT2D eigenvalue weighted by Gasteiger charge is 2.19. The second-order valence-electron chi connectivity index (χ2n) is 4.52. The van der Waals surface area contributed by atoms with E-state index in [1.54, 1.807) is 15.3 Å². The normalized spacial score (nSPS) is 13.1. The summed E-state index contributed by atoms with van der Waals surface area (Å²) in [6.45, 7) is 1.83. The van der Waals surface area contributed by atoms with Gasteiger partial charge in [0.05, 0.1) is 20.9 Å². The molecule has 1 unspecified atom stereocenters. The maximum atomic E-state index is 13.8. The number of aromatic nitrogens is 4. The summed E-state index contributed by atoms with van der Waals surface area (Å²) in [7, 11) is 1.82. The summed E-state index contributed by atoms with van der Waals surface area (Å²) in [6, 6.07) is 4.92. The van der Waals surface area contributed by atoms with E-state index in [2.05, 4.69) is 26.0 Å². The van der Waals surface area contributed by atoms with Crippen LogP contribution in [0.5, 0.6) is 0 Å². The van der Waals surface area contributed by atoms with Crippen molar-refractivity contribution in [1.82, 2.24) is 19.3 Å². The molecule has 0 fully saturated rings. The Morgan fingerprint density at radius 2 is 2.15 bits per heavy atom. The molecule has 0 saturated carbocycles. The smallest absolute Gasteiger partial charge is 0.160 e. The first-order valence-electron chi connectivity index (χ1n) is 5.99. The molecule has 0 aliphatic rings. The zero-order valence-corrected chi connectivity index (χ0v) is 13.2. The van der Waals surface area contributed by atoms with Crippen LogP contribution >= 0.6 is 27.5 Å². The Bertz CT molecular complexity index is 793. The Balaban J connectivity index is 2.37. The number of hydrogen-bond acceptors (Lipinski definition) is 2. The van der Waals surface area contributed by atoms with Gasteiger partial charge in [-0.1, -0.05) is 0 Å². The average molecular weight is 358 g/mol. The molecule has 0 amide bonds. The lowest BCUT2D eigenvalue weighted by molar-refractivity contribution is 0.622. The van der Waals surface area contributed by atoms with Gasteiger partial charge in [-0.2, -0.15) is 5.10 Å². The van der Waals surface area contributed by atoms with E-state index < -0.39 is 0 Å². The van der Waals surface area contributed by atoms with Gasteiger partial charge in [0, 0.05) is 25.4 Å². The molecule has 0 radical (unpaired) electrons. The Morgan fingerprint density at radius 1 is 1.40 bits per heavy atom. The van der Waals surface area contributed by atoms with Crippen LogP contribution in [0.4, 0.5) is 4.39 Å². The molecule has 0 spiro atoms. The van der Waals surface area contributed by atoms with Crippen molar-refractivity contribution in [2.24, 2.45) is 7.05 Å². The highest BCUT2D eigenvalue weighted by atomic mass is 79.9. The van der Waals surface area contributed by atoms with Crippen molar-refractivity contribution in [1.29, 1.82) is 0 Å². The largest absolute Gasteiger partial charge is 0.277 e. The third-order valence-corrected chi connectivity index (χ3v) is 3.81. The van der Waals surface area contributed by atoms with Crippen LogP contribution < -0.4 is 0 Å². The number of hydrogen-bond donors (Lipinski definition) is 0. The number of benzene rings is 1. The van der Waals surface area contributed by atoms with Crippen molar-refractivity contribution in [3.8, 4) is 5.82 Å². The lowest BCUT2D eigenvalue weighted by Crippen LogP contribution is -2.03. The number of alkyl halides is 1. The van der Waals surface area contributed by atoms with Crippen LogP contribution in [-0.4, -0.2) is 19.3 Å². The number of imidazole rings is 1. The Hall–Kier alpha value is -1.40. The summed E-state index contributed by atoms with van der Waals surface area (Å²) in [5.41, 5.74) is 1.32. The van der Waals surface area contributed by atoms with Crippen LogP contribution in [-0.2, 0) is 7.05 Å². The van der Waals surface area contributed by atoms with Gasteiger partial charge in [-0.3, -0.25) is 9.25 Å². The van der Waals surface area contributed by atoms with E-state index in [0.29, 0.717) is 27.1 Å². The van der Waals surface area contributed by atoms with Crippen LogP contribution in [0, 0.1) is 5.82 Å². The van der Waals surface area contributed by atoms with E-state index in [0.717, 1.165) is 0 Å². The number of fused-ring (bicyclic) bond motifs is 1. The van der Waals surface area contributed by atoms with Crippen molar-refractivity contribution in [2.75, 3.05) is 0 Å². The molecule has 2 heterocycles. The molecule has 3 rings (SSSR count). The van der Waals surface area contributed by atoms with Crippen molar-refractivity contribution in [3.63, 3.8) is 0 Å². The number of rotatable bonds is 2. The van der Waals surface area contributed by atoms with Gasteiger partial charge in [0.1, 0.15) is 11.6 Å². The van der Waals surface area contributed by atoms with E-state index in [1.807, 2.05) is 26.2 Å².